The standard InChI is InChI=1S/C43H25N3S/c1-2-12-28(13-3-1)41-44-42(33-21-18-26-10-4-5-14-29(26)22-33)46-43(45-41)36-24-32-20-19-27-11-8-9-17-34(27)38(32)40-39(36)35-23-30-15-6-7-16-31(30)25-37(35)47-40/h1-25H. The summed E-state index contributed by atoms with van der Waals surface area (Å²) in [5.74, 6) is 2.00. The van der Waals surface area contributed by atoms with Crippen LogP contribution in [0, 0.1) is 0 Å². The van der Waals surface area contributed by atoms with Crippen LogP contribution in [0.2, 0.25) is 0 Å². The Bertz CT molecular complexity index is 2850. The molecule has 10 aromatic rings. The van der Waals surface area contributed by atoms with Crippen LogP contribution in [0.15, 0.2) is 152 Å². The van der Waals surface area contributed by atoms with Crippen molar-refractivity contribution in [2.45, 2.75) is 0 Å². The van der Waals surface area contributed by atoms with Crippen LogP contribution in [-0.2, 0) is 0 Å². The van der Waals surface area contributed by atoms with E-state index in [-0.39, 0.29) is 0 Å². The topological polar surface area (TPSA) is 38.7 Å². The monoisotopic (exact) mass is 615 g/mol. The van der Waals surface area contributed by atoms with Gasteiger partial charge in [0, 0.05) is 42.2 Å². The summed E-state index contributed by atoms with van der Waals surface area (Å²) < 4.78 is 2.51. The van der Waals surface area contributed by atoms with Crippen molar-refractivity contribution in [3.8, 4) is 34.2 Å². The van der Waals surface area contributed by atoms with E-state index in [0.29, 0.717) is 17.5 Å². The second-order valence-corrected chi connectivity index (χ2v) is 13.1. The van der Waals surface area contributed by atoms with Crippen molar-refractivity contribution >= 4 is 74.6 Å². The summed E-state index contributed by atoms with van der Waals surface area (Å²) in [6, 6.07) is 53.8. The molecule has 0 atom stereocenters. The van der Waals surface area contributed by atoms with E-state index in [2.05, 4.69) is 133 Å². The lowest BCUT2D eigenvalue weighted by molar-refractivity contribution is 1.08. The number of thiophene rings is 1. The third-order valence-electron chi connectivity index (χ3n) is 9.23. The van der Waals surface area contributed by atoms with Gasteiger partial charge < -0.3 is 0 Å². The molecule has 0 unspecified atom stereocenters. The van der Waals surface area contributed by atoms with Crippen molar-refractivity contribution in [3.05, 3.63) is 152 Å². The Balaban J connectivity index is 1.34. The highest BCUT2D eigenvalue weighted by molar-refractivity contribution is 7.27. The molecule has 0 radical (unpaired) electrons. The number of hydrogen-bond acceptors (Lipinski definition) is 4. The lowest BCUT2D eigenvalue weighted by atomic mass is 9.95. The van der Waals surface area contributed by atoms with Crippen LogP contribution in [-0.4, -0.2) is 15.0 Å². The van der Waals surface area contributed by atoms with E-state index in [0.717, 1.165) is 22.1 Å². The third kappa shape index (κ3) is 4.23. The van der Waals surface area contributed by atoms with E-state index < -0.39 is 0 Å². The van der Waals surface area contributed by atoms with Gasteiger partial charge in [-0.05, 0) is 62.0 Å². The van der Waals surface area contributed by atoms with E-state index in [1.807, 2.05) is 29.5 Å². The number of nitrogens with zero attached hydrogens (tertiary/aromatic N) is 3. The molecule has 0 aliphatic carbocycles. The van der Waals surface area contributed by atoms with Crippen LogP contribution < -0.4 is 0 Å². The lowest BCUT2D eigenvalue weighted by Gasteiger charge is -2.12. The molecule has 2 aromatic heterocycles. The highest BCUT2D eigenvalue weighted by Gasteiger charge is 2.21. The lowest BCUT2D eigenvalue weighted by Crippen LogP contribution is -2.00. The molecule has 10 rings (SSSR count). The smallest absolute Gasteiger partial charge is 0.164 e. The summed E-state index contributed by atoms with van der Waals surface area (Å²) in [7, 11) is 0. The molecule has 0 N–H and O–H groups in total. The molecule has 3 nitrogen and oxygen atoms in total. The zero-order valence-corrected chi connectivity index (χ0v) is 26.0. The molecule has 0 aliphatic rings. The summed E-state index contributed by atoms with van der Waals surface area (Å²) in [5, 5.41) is 12.2. The maximum Gasteiger partial charge on any atom is 0.164 e. The second-order valence-electron chi connectivity index (χ2n) is 12.0. The Morgan fingerprint density at radius 1 is 0.362 bits per heavy atom. The van der Waals surface area contributed by atoms with E-state index in [9.17, 15) is 0 Å². The third-order valence-corrected chi connectivity index (χ3v) is 10.4. The number of fused-ring (bicyclic) bond motifs is 9. The highest BCUT2D eigenvalue weighted by Crippen LogP contribution is 2.46. The Kier molecular flexibility index (Phi) is 5.74. The van der Waals surface area contributed by atoms with E-state index in [1.165, 1.54) is 57.9 Å². The van der Waals surface area contributed by atoms with Crippen LogP contribution in [0.5, 0.6) is 0 Å². The molecule has 8 aromatic carbocycles. The molecule has 0 spiro atoms. The molecular formula is C43H25N3S. The van der Waals surface area contributed by atoms with Gasteiger partial charge in [-0.15, -0.1) is 11.3 Å². The minimum Gasteiger partial charge on any atom is -0.208 e. The summed E-state index contributed by atoms with van der Waals surface area (Å²) in [4.78, 5) is 15.5. The van der Waals surface area contributed by atoms with Gasteiger partial charge in [-0.25, -0.2) is 15.0 Å². The van der Waals surface area contributed by atoms with Crippen molar-refractivity contribution in [2.75, 3.05) is 0 Å². The van der Waals surface area contributed by atoms with Crippen LogP contribution >= 0.6 is 11.3 Å². The molecular weight excluding hydrogens is 591 g/mol. The molecule has 218 valence electrons. The maximum atomic E-state index is 5.26. The van der Waals surface area contributed by atoms with E-state index in [1.54, 1.807) is 0 Å². The predicted octanol–water partition coefficient (Wildman–Crippen LogP) is 11.9. The van der Waals surface area contributed by atoms with Gasteiger partial charge in [0.2, 0.25) is 0 Å². The second kappa shape index (κ2) is 10.3. The molecule has 0 fully saturated rings. The zero-order chi connectivity index (χ0) is 30.9. The fraction of sp³-hybridized carbons (Fsp3) is 0. The van der Waals surface area contributed by atoms with Gasteiger partial charge in [0.05, 0.1) is 0 Å². The summed E-state index contributed by atoms with van der Waals surface area (Å²) >= 11 is 1.86. The number of aromatic nitrogens is 3. The minimum atomic E-state index is 0.663. The van der Waals surface area contributed by atoms with Crippen molar-refractivity contribution in [1.82, 2.24) is 15.0 Å². The van der Waals surface area contributed by atoms with Crippen LogP contribution in [0.3, 0.4) is 0 Å². The predicted molar refractivity (Wildman–Crippen MR) is 199 cm³/mol. The van der Waals surface area contributed by atoms with Gasteiger partial charge in [-0.3, -0.25) is 0 Å². The fourth-order valence-corrected chi connectivity index (χ4v) is 8.29. The van der Waals surface area contributed by atoms with Crippen LogP contribution in [0.1, 0.15) is 0 Å². The van der Waals surface area contributed by atoms with Crippen LogP contribution in [0.4, 0.5) is 0 Å². The van der Waals surface area contributed by atoms with Crippen molar-refractivity contribution < 1.29 is 0 Å². The highest BCUT2D eigenvalue weighted by atomic mass is 32.1. The van der Waals surface area contributed by atoms with Gasteiger partial charge in [0.15, 0.2) is 17.5 Å². The number of rotatable bonds is 3. The van der Waals surface area contributed by atoms with Crippen molar-refractivity contribution in [1.29, 1.82) is 0 Å². The average molecular weight is 616 g/mol. The van der Waals surface area contributed by atoms with Gasteiger partial charge in [-0.1, -0.05) is 127 Å². The first-order valence-corrected chi connectivity index (χ1v) is 16.6. The van der Waals surface area contributed by atoms with Gasteiger partial charge in [0.25, 0.3) is 0 Å². The summed E-state index contributed by atoms with van der Waals surface area (Å²) in [5.41, 5.74) is 2.95. The first-order chi connectivity index (χ1) is 23.3. The zero-order valence-electron chi connectivity index (χ0n) is 25.2. The number of hydrogen-bond donors (Lipinski definition) is 0. The minimum absolute atomic E-state index is 0.663. The Labute approximate surface area is 274 Å². The Hall–Kier alpha value is -5.97. The Morgan fingerprint density at radius 3 is 1.77 bits per heavy atom. The molecule has 0 amide bonds. The first kappa shape index (κ1) is 26.3. The average Bonchev–Trinajstić information content (AvgIpc) is 3.51. The number of benzene rings is 8. The molecule has 47 heavy (non-hydrogen) atoms. The normalized spacial score (nSPS) is 11.8. The SMILES string of the molecule is c1ccc(-c2nc(-c3ccc4ccccc4c3)nc(-c3cc4ccc5ccccc5c4c4sc5cc6ccccc6cc5c34)n2)cc1. The quantitative estimate of drug-likeness (QED) is 0.186. The molecule has 2 heterocycles. The van der Waals surface area contributed by atoms with Gasteiger partial charge >= 0.3 is 0 Å². The molecule has 0 saturated heterocycles. The summed E-state index contributed by atoms with van der Waals surface area (Å²) in [6.45, 7) is 0. The largest absolute Gasteiger partial charge is 0.208 e. The molecule has 0 bridgehead atoms. The maximum absolute atomic E-state index is 5.26. The fourth-order valence-electron chi connectivity index (χ4n) is 6.96. The van der Waals surface area contributed by atoms with Crippen molar-refractivity contribution in [3.63, 3.8) is 0 Å². The van der Waals surface area contributed by atoms with E-state index >= 15 is 0 Å². The summed E-state index contributed by atoms with van der Waals surface area (Å²) in [6.07, 6.45) is 0. The molecule has 0 aliphatic heterocycles. The van der Waals surface area contributed by atoms with Gasteiger partial charge in [0.1, 0.15) is 0 Å². The Morgan fingerprint density at radius 2 is 0.957 bits per heavy atom. The van der Waals surface area contributed by atoms with Crippen LogP contribution in [0.25, 0.3) is 97.4 Å². The molecule has 0 saturated carbocycles. The molecule has 4 heteroatoms. The first-order valence-electron chi connectivity index (χ1n) is 15.8. The van der Waals surface area contributed by atoms with Crippen molar-refractivity contribution in [2.24, 2.45) is 0 Å². The van der Waals surface area contributed by atoms with Gasteiger partial charge in [-0.2, -0.15) is 0 Å². The van der Waals surface area contributed by atoms with E-state index in [4.69, 9.17) is 15.0 Å².